The van der Waals surface area contributed by atoms with E-state index in [2.05, 4.69) is 43.4 Å². The highest BCUT2D eigenvalue weighted by Crippen LogP contribution is 2.21. The molecule has 0 aliphatic carbocycles. The van der Waals surface area contributed by atoms with Crippen LogP contribution in [0.25, 0.3) is 0 Å². The third kappa shape index (κ3) is 4.18. The standard InChI is InChI=1S/C18H19ClN2O/c1-18(2,3)14-10-8-13(9-11-14)12-20-21-17(22)15-6-4-5-7-16(15)19/h4-12H,1-3H3,(H,21,22)/b20-12+. The van der Waals surface area contributed by atoms with Crippen molar-refractivity contribution < 1.29 is 4.79 Å². The van der Waals surface area contributed by atoms with Gasteiger partial charge in [0.2, 0.25) is 0 Å². The van der Waals surface area contributed by atoms with Crippen LogP contribution in [0.1, 0.15) is 42.3 Å². The average molecular weight is 315 g/mol. The Kier molecular flexibility index (Phi) is 4.99. The molecule has 4 heteroatoms. The first-order valence-electron chi connectivity index (χ1n) is 7.06. The van der Waals surface area contributed by atoms with Crippen molar-refractivity contribution in [3.63, 3.8) is 0 Å². The van der Waals surface area contributed by atoms with Gasteiger partial charge in [0, 0.05) is 0 Å². The Labute approximate surface area is 136 Å². The van der Waals surface area contributed by atoms with E-state index in [1.54, 1.807) is 30.5 Å². The minimum Gasteiger partial charge on any atom is -0.267 e. The predicted octanol–water partition coefficient (Wildman–Crippen LogP) is 4.40. The summed E-state index contributed by atoms with van der Waals surface area (Å²) in [5.41, 5.74) is 5.18. The van der Waals surface area contributed by atoms with E-state index >= 15 is 0 Å². The maximum Gasteiger partial charge on any atom is 0.272 e. The molecule has 2 aromatic rings. The van der Waals surface area contributed by atoms with E-state index in [0.29, 0.717) is 10.6 Å². The van der Waals surface area contributed by atoms with E-state index in [9.17, 15) is 4.79 Å². The summed E-state index contributed by atoms with van der Waals surface area (Å²) in [6.45, 7) is 6.50. The molecule has 0 saturated heterocycles. The largest absolute Gasteiger partial charge is 0.272 e. The van der Waals surface area contributed by atoms with Crippen LogP contribution in [0.3, 0.4) is 0 Å². The van der Waals surface area contributed by atoms with E-state index in [1.807, 2.05) is 12.1 Å². The molecule has 2 aromatic carbocycles. The number of nitrogens with one attached hydrogen (secondary N) is 1. The molecule has 1 amide bonds. The Bertz CT molecular complexity index is 685. The molecule has 0 aliphatic rings. The second kappa shape index (κ2) is 6.75. The second-order valence-electron chi connectivity index (χ2n) is 6.05. The van der Waals surface area contributed by atoms with Gasteiger partial charge < -0.3 is 0 Å². The van der Waals surface area contributed by atoms with Crippen LogP contribution >= 0.6 is 11.6 Å². The van der Waals surface area contributed by atoms with Crippen LogP contribution in [0.4, 0.5) is 0 Å². The van der Waals surface area contributed by atoms with Crippen LogP contribution in [0.15, 0.2) is 53.6 Å². The lowest BCUT2D eigenvalue weighted by molar-refractivity contribution is 0.0955. The summed E-state index contributed by atoms with van der Waals surface area (Å²) in [4.78, 5) is 11.9. The first kappa shape index (κ1) is 16.2. The number of hydrazone groups is 1. The van der Waals surface area contributed by atoms with Gasteiger partial charge in [-0.2, -0.15) is 5.10 Å². The van der Waals surface area contributed by atoms with Gasteiger partial charge in [-0.25, -0.2) is 5.43 Å². The van der Waals surface area contributed by atoms with Crippen LogP contribution in [-0.4, -0.2) is 12.1 Å². The van der Waals surface area contributed by atoms with Crippen LogP contribution < -0.4 is 5.43 Å². The Morgan fingerprint density at radius 2 is 1.73 bits per heavy atom. The lowest BCUT2D eigenvalue weighted by Gasteiger charge is -2.18. The number of halogens is 1. The van der Waals surface area contributed by atoms with Crippen molar-refractivity contribution in [1.82, 2.24) is 5.43 Å². The van der Waals surface area contributed by atoms with Gasteiger partial charge in [0.15, 0.2) is 0 Å². The van der Waals surface area contributed by atoms with Crippen molar-refractivity contribution in [2.45, 2.75) is 26.2 Å². The van der Waals surface area contributed by atoms with E-state index in [0.717, 1.165) is 5.56 Å². The highest BCUT2D eigenvalue weighted by Gasteiger charge is 2.12. The minimum absolute atomic E-state index is 0.119. The van der Waals surface area contributed by atoms with Crippen molar-refractivity contribution in [3.8, 4) is 0 Å². The van der Waals surface area contributed by atoms with E-state index in [1.165, 1.54) is 5.56 Å². The zero-order valence-electron chi connectivity index (χ0n) is 12.9. The van der Waals surface area contributed by atoms with Crippen LogP contribution in [0.2, 0.25) is 5.02 Å². The lowest BCUT2D eigenvalue weighted by atomic mass is 9.87. The monoisotopic (exact) mass is 314 g/mol. The van der Waals surface area contributed by atoms with Gasteiger partial charge in [0.1, 0.15) is 0 Å². The number of carbonyl (C=O) groups is 1. The minimum atomic E-state index is -0.326. The van der Waals surface area contributed by atoms with Gasteiger partial charge in [-0.3, -0.25) is 4.79 Å². The molecule has 3 nitrogen and oxygen atoms in total. The topological polar surface area (TPSA) is 41.5 Å². The quantitative estimate of drug-likeness (QED) is 0.662. The Morgan fingerprint density at radius 3 is 2.32 bits per heavy atom. The maximum absolute atomic E-state index is 11.9. The molecular weight excluding hydrogens is 296 g/mol. The number of hydrogen-bond donors (Lipinski definition) is 1. The van der Waals surface area contributed by atoms with Gasteiger partial charge in [0.25, 0.3) is 5.91 Å². The van der Waals surface area contributed by atoms with E-state index in [-0.39, 0.29) is 11.3 Å². The molecule has 0 aromatic heterocycles. The zero-order chi connectivity index (χ0) is 16.2. The number of carbonyl (C=O) groups excluding carboxylic acids is 1. The Hall–Kier alpha value is -2.13. The summed E-state index contributed by atoms with van der Waals surface area (Å²) >= 11 is 5.96. The highest BCUT2D eigenvalue weighted by atomic mass is 35.5. The summed E-state index contributed by atoms with van der Waals surface area (Å²) in [6, 6.07) is 15.0. The number of nitrogens with zero attached hydrogens (tertiary/aromatic N) is 1. The fourth-order valence-electron chi connectivity index (χ4n) is 1.94. The van der Waals surface area contributed by atoms with Gasteiger partial charge in [-0.1, -0.05) is 68.8 Å². The molecule has 0 bridgehead atoms. The number of benzene rings is 2. The zero-order valence-corrected chi connectivity index (χ0v) is 13.7. The number of amides is 1. The molecule has 22 heavy (non-hydrogen) atoms. The van der Waals surface area contributed by atoms with Crippen molar-refractivity contribution in [2.24, 2.45) is 5.10 Å². The SMILES string of the molecule is CC(C)(C)c1ccc(/C=N/NC(=O)c2ccccc2Cl)cc1. The first-order valence-corrected chi connectivity index (χ1v) is 7.44. The Balaban J connectivity index is 2.01. The van der Waals surface area contributed by atoms with Gasteiger partial charge >= 0.3 is 0 Å². The number of hydrogen-bond acceptors (Lipinski definition) is 2. The molecule has 2 rings (SSSR count). The lowest BCUT2D eigenvalue weighted by Crippen LogP contribution is -2.18. The normalized spacial score (nSPS) is 11.6. The molecule has 0 spiro atoms. The molecule has 1 N–H and O–H groups in total. The molecule has 0 radical (unpaired) electrons. The van der Waals surface area contributed by atoms with Crippen molar-refractivity contribution in [3.05, 3.63) is 70.2 Å². The smallest absolute Gasteiger partial charge is 0.267 e. The summed E-state index contributed by atoms with van der Waals surface area (Å²) < 4.78 is 0. The molecule has 114 valence electrons. The predicted molar refractivity (Wildman–Crippen MR) is 91.7 cm³/mol. The maximum atomic E-state index is 11.9. The Morgan fingerprint density at radius 1 is 1.09 bits per heavy atom. The van der Waals surface area contributed by atoms with Crippen molar-refractivity contribution in [1.29, 1.82) is 0 Å². The van der Waals surface area contributed by atoms with E-state index in [4.69, 9.17) is 11.6 Å². The molecule has 0 saturated carbocycles. The summed E-state index contributed by atoms with van der Waals surface area (Å²) in [7, 11) is 0. The molecular formula is C18H19ClN2O. The molecule has 0 aliphatic heterocycles. The van der Waals surface area contributed by atoms with Crippen molar-refractivity contribution in [2.75, 3.05) is 0 Å². The van der Waals surface area contributed by atoms with Crippen LogP contribution in [-0.2, 0) is 5.41 Å². The highest BCUT2D eigenvalue weighted by molar-refractivity contribution is 6.33. The fraction of sp³-hybridized carbons (Fsp3) is 0.222. The molecule has 0 heterocycles. The fourth-order valence-corrected chi connectivity index (χ4v) is 2.16. The third-order valence-electron chi connectivity index (χ3n) is 3.27. The molecule has 0 unspecified atom stereocenters. The number of rotatable bonds is 3. The molecule has 0 fully saturated rings. The van der Waals surface area contributed by atoms with Gasteiger partial charge in [0.05, 0.1) is 16.8 Å². The summed E-state index contributed by atoms with van der Waals surface area (Å²) in [5.74, 6) is -0.326. The second-order valence-corrected chi connectivity index (χ2v) is 6.46. The van der Waals surface area contributed by atoms with E-state index < -0.39 is 0 Å². The first-order chi connectivity index (χ1) is 10.4. The van der Waals surface area contributed by atoms with Gasteiger partial charge in [-0.05, 0) is 28.7 Å². The third-order valence-corrected chi connectivity index (χ3v) is 3.60. The van der Waals surface area contributed by atoms with Crippen LogP contribution in [0, 0.1) is 0 Å². The average Bonchev–Trinajstić information content (AvgIpc) is 2.47. The van der Waals surface area contributed by atoms with Crippen LogP contribution in [0.5, 0.6) is 0 Å². The van der Waals surface area contributed by atoms with Crippen molar-refractivity contribution >= 4 is 23.7 Å². The summed E-state index contributed by atoms with van der Waals surface area (Å²) in [6.07, 6.45) is 1.61. The summed E-state index contributed by atoms with van der Waals surface area (Å²) in [5, 5.41) is 4.37. The molecule has 0 atom stereocenters. The van der Waals surface area contributed by atoms with Gasteiger partial charge in [-0.15, -0.1) is 0 Å².